The van der Waals surface area contributed by atoms with E-state index in [2.05, 4.69) is 30.2 Å². The molecule has 0 saturated heterocycles. The molecule has 15 heavy (non-hydrogen) atoms. The molecule has 0 heterocycles. The van der Waals surface area contributed by atoms with E-state index in [-0.39, 0.29) is 6.79 Å². The van der Waals surface area contributed by atoms with E-state index in [1.807, 2.05) is 19.2 Å². The molecule has 0 aromatic rings. The Hall–Kier alpha value is -0.670. The van der Waals surface area contributed by atoms with Gasteiger partial charge >= 0.3 is 0 Å². The number of hydrogen-bond donors (Lipinski definition) is 1. The number of aliphatic imine (C=N–C) groups is 1. The maximum Gasteiger partial charge on any atom is 0.143 e. The van der Waals surface area contributed by atoms with Gasteiger partial charge in [0.25, 0.3) is 0 Å². The fraction of sp³-hybridized carbons (Fsp3) is 0.750. The van der Waals surface area contributed by atoms with Crippen LogP contribution in [0.2, 0.25) is 0 Å². The van der Waals surface area contributed by atoms with Crippen LogP contribution >= 0.6 is 0 Å². The van der Waals surface area contributed by atoms with E-state index in [1.165, 1.54) is 0 Å². The summed E-state index contributed by atoms with van der Waals surface area (Å²) in [6.45, 7) is 11.2. The molecule has 90 valence electrons. The third kappa shape index (κ3) is 24.7. The summed E-state index contributed by atoms with van der Waals surface area (Å²) in [4.78, 5) is 4.20. The maximum absolute atomic E-state index is 7.84. The molecule has 0 atom stereocenters. The average Bonchev–Trinajstić information content (AvgIpc) is 2.19. The highest BCUT2D eigenvalue weighted by molar-refractivity contribution is 5.57. The third-order valence-corrected chi connectivity index (χ3v) is 1.46. The minimum absolute atomic E-state index is 0.156. The van der Waals surface area contributed by atoms with E-state index in [9.17, 15) is 0 Å². The van der Waals surface area contributed by atoms with Crippen molar-refractivity contribution in [3.63, 3.8) is 0 Å². The van der Waals surface area contributed by atoms with E-state index in [4.69, 9.17) is 5.11 Å². The zero-order valence-corrected chi connectivity index (χ0v) is 10.3. The van der Waals surface area contributed by atoms with Crippen molar-refractivity contribution in [3.8, 4) is 0 Å². The van der Waals surface area contributed by atoms with Crippen LogP contribution in [0.5, 0.6) is 0 Å². The Morgan fingerprint density at radius 3 is 2.47 bits per heavy atom. The van der Waals surface area contributed by atoms with Gasteiger partial charge in [-0.1, -0.05) is 19.9 Å². The Bertz CT molecular complexity index is 143. The van der Waals surface area contributed by atoms with Crippen molar-refractivity contribution < 1.29 is 9.84 Å². The minimum atomic E-state index is -0.156. The molecule has 0 aromatic carbocycles. The molecule has 0 aliphatic heterocycles. The van der Waals surface area contributed by atoms with Gasteiger partial charge in [0, 0.05) is 13.2 Å². The molecule has 0 fully saturated rings. The normalized spacial score (nSPS) is 10.2. The second kappa shape index (κ2) is 15.8. The molecule has 0 spiro atoms. The zero-order valence-electron chi connectivity index (χ0n) is 10.3. The maximum atomic E-state index is 7.84. The van der Waals surface area contributed by atoms with Crippen LogP contribution in [0.3, 0.4) is 0 Å². The number of nitrogens with zero attached hydrogens (tertiary/aromatic N) is 1. The summed E-state index contributed by atoms with van der Waals surface area (Å²) in [6, 6.07) is 0. The molecule has 3 heteroatoms. The molecule has 1 N–H and O–H groups in total. The van der Waals surface area contributed by atoms with Gasteiger partial charge in [-0.3, -0.25) is 4.99 Å². The van der Waals surface area contributed by atoms with Crippen LogP contribution in [0.1, 0.15) is 33.6 Å². The van der Waals surface area contributed by atoms with Crippen molar-refractivity contribution in [2.45, 2.75) is 33.6 Å². The number of aliphatic hydroxyl groups excluding tert-OH is 1. The number of rotatable bonds is 7. The first-order chi connectivity index (χ1) is 7.18. The van der Waals surface area contributed by atoms with Crippen LogP contribution in [-0.2, 0) is 4.74 Å². The van der Waals surface area contributed by atoms with E-state index in [0.29, 0.717) is 6.61 Å². The highest BCUT2D eigenvalue weighted by Gasteiger charge is 1.86. The summed E-state index contributed by atoms with van der Waals surface area (Å²) in [5.74, 6) is 0.729. The monoisotopic (exact) mass is 215 g/mol. The molecule has 0 aliphatic rings. The minimum Gasteiger partial charge on any atom is -0.371 e. The lowest BCUT2D eigenvalue weighted by Crippen LogP contribution is -1.88. The Morgan fingerprint density at radius 2 is 2.13 bits per heavy atom. The number of ether oxygens (including phenoxy) is 1. The summed E-state index contributed by atoms with van der Waals surface area (Å²) in [7, 11) is 0. The van der Waals surface area contributed by atoms with Gasteiger partial charge in [-0.05, 0) is 31.9 Å². The summed E-state index contributed by atoms with van der Waals surface area (Å²) in [5, 5.41) is 7.84. The van der Waals surface area contributed by atoms with Crippen LogP contribution in [0.15, 0.2) is 17.6 Å². The summed E-state index contributed by atoms with van der Waals surface area (Å²) in [6.07, 6.45) is 5.99. The first-order valence-electron chi connectivity index (χ1n) is 5.46. The molecule has 0 saturated carbocycles. The number of hydrogen-bond acceptors (Lipinski definition) is 3. The standard InChI is InChI=1S/C9H17N.C3H8O2/c1-4-5-7-10-8-6-9(2)3;1-2-5-3-4/h4,8-9H,1,5-7H2,2-3H3;4H,2-3H2,1H3. The highest BCUT2D eigenvalue weighted by Crippen LogP contribution is 1.95. The van der Waals surface area contributed by atoms with E-state index in [0.717, 1.165) is 25.3 Å². The summed E-state index contributed by atoms with van der Waals surface area (Å²) in [5.41, 5.74) is 0. The van der Waals surface area contributed by atoms with Gasteiger partial charge in [0.1, 0.15) is 6.79 Å². The Balaban J connectivity index is 0. The Morgan fingerprint density at radius 1 is 1.47 bits per heavy atom. The Kier molecular flexibility index (Phi) is 17.6. The fourth-order valence-electron chi connectivity index (χ4n) is 0.634. The van der Waals surface area contributed by atoms with Crippen LogP contribution in [0.4, 0.5) is 0 Å². The molecule has 3 nitrogen and oxygen atoms in total. The van der Waals surface area contributed by atoms with Crippen LogP contribution in [0.25, 0.3) is 0 Å². The van der Waals surface area contributed by atoms with E-state index in [1.54, 1.807) is 0 Å². The molecule has 0 radical (unpaired) electrons. The Labute approximate surface area is 93.9 Å². The predicted octanol–water partition coefficient (Wildman–Crippen LogP) is 2.65. The summed E-state index contributed by atoms with van der Waals surface area (Å²) < 4.78 is 4.39. The van der Waals surface area contributed by atoms with Gasteiger partial charge in [0.15, 0.2) is 0 Å². The number of aliphatic hydroxyl groups is 1. The first-order valence-corrected chi connectivity index (χ1v) is 5.46. The lowest BCUT2D eigenvalue weighted by Gasteiger charge is -1.95. The lowest BCUT2D eigenvalue weighted by molar-refractivity contribution is 0.00540. The van der Waals surface area contributed by atoms with Gasteiger partial charge in [0.2, 0.25) is 0 Å². The molecule has 0 bridgehead atoms. The zero-order chi connectivity index (χ0) is 11.9. The largest absolute Gasteiger partial charge is 0.371 e. The SMILES string of the molecule is C=CCCN=CCC(C)C.CCOCO. The van der Waals surface area contributed by atoms with E-state index >= 15 is 0 Å². The van der Waals surface area contributed by atoms with Gasteiger partial charge in [-0.2, -0.15) is 0 Å². The van der Waals surface area contributed by atoms with Crippen molar-refractivity contribution in [2.24, 2.45) is 10.9 Å². The molecule has 0 aliphatic carbocycles. The van der Waals surface area contributed by atoms with Crippen molar-refractivity contribution >= 4 is 6.21 Å². The smallest absolute Gasteiger partial charge is 0.143 e. The van der Waals surface area contributed by atoms with Crippen LogP contribution < -0.4 is 0 Å². The quantitative estimate of drug-likeness (QED) is 0.307. The van der Waals surface area contributed by atoms with Crippen molar-refractivity contribution in [2.75, 3.05) is 19.9 Å². The molecular weight excluding hydrogens is 190 g/mol. The average molecular weight is 215 g/mol. The van der Waals surface area contributed by atoms with Gasteiger partial charge < -0.3 is 9.84 Å². The van der Waals surface area contributed by atoms with Crippen LogP contribution in [0, 0.1) is 5.92 Å². The third-order valence-electron chi connectivity index (χ3n) is 1.46. The van der Waals surface area contributed by atoms with E-state index < -0.39 is 0 Å². The molecule has 0 aromatic heterocycles. The highest BCUT2D eigenvalue weighted by atomic mass is 16.6. The predicted molar refractivity (Wildman–Crippen MR) is 66.3 cm³/mol. The fourth-order valence-corrected chi connectivity index (χ4v) is 0.634. The van der Waals surface area contributed by atoms with Gasteiger partial charge in [-0.15, -0.1) is 6.58 Å². The van der Waals surface area contributed by atoms with Gasteiger partial charge in [-0.25, -0.2) is 0 Å². The second-order valence-corrected chi connectivity index (χ2v) is 3.42. The lowest BCUT2D eigenvalue weighted by atomic mass is 10.2. The molecule has 0 rings (SSSR count). The van der Waals surface area contributed by atoms with Crippen molar-refractivity contribution in [1.82, 2.24) is 0 Å². The van der Waals surface area contributed by atoms with Crippen molar-refractivity contribution in [1.29, 1.82) is 0 Å². The van der Waals surface area contributed by atoms with Crippen molar-refractivity contribution in [3.05, 3.63) is 12.7 Å². The first kappa shape index (κ1) is 16.7. The topological polar surface area (TPSA) is 41.8 Å². The molecular formula is C12H25NO2. The summed E-state index contributed by atoms with van der Waals surface area (Å²) >= 11 is 0. The molecule has 0 amide bonds. The molecule has 0 unspecified atom stereocenters. The van der Waals surface area contributed by atoms with Gasteiger partial charge in [0.05, 0.1) is 0 Å². The van der Waals surface area contributed by atoms with Crippen LogP contribution in [-0.4, -0.2) is 31.3 Å². The second-order valence-electron chi connectivity index (χ2n) is 3.42.